The maximum absolute atomic E-state index is 12.8. The Morgan fingerprint density at radius 3 is 2.16 bits per heavy atom. The topological polar surface area (TPSA) is 211 Å². The van der Waals surface area contributed by atoms with Crippen LogP contribution in [0.2, 0.25) is 0 Å². The van der Waals surface area contributed by atoms with Crippen LogP contribution in [0.15, 0.2) is 27.4 Å². The fourth-order valence-corrected chi connectivity index (χ4v) is 3.38. The fourth-order valence-electron chi connectivity index (χ4n) is 3.38. The Morgan fingerprint density at radius 2 is 1.50 bits per heavy atom. The van der Waals surface area contributed by atoms with E-state index in [-0.39, 0.29) is 54.3 Å². The first-order chi connectivity index (χ1) is 14.6. The number of ether oxygens (including phenoxy) is 2. The van der Waals surface area contributed by atoms with Crippen LogP contribution in [-0.4, -0.2) is 116 Å². The molecule has 13 heteroatoms. The summed E-state index contributed by atoms with van der Waals surface area (Å²) < 4.78 is 15.9. The molecule has 0 amide bonds. The first kappa shape index (κ1) is 24.6. The Kier molecular flexibility index (Phi) is 6.98. The minimum absolute atomic E-state index is 0. The number of aliphatic hydroxyl groups excluding tert-OH is 4. The van der Waals surface area contributed by atoms with Crippen LogP contribution in [0.4, 0.5) is 0 Å². The molecule has 0 saturated carbocycles. The van der Waals surface area contributed by atoms with E-state index in [1.54, 1.807) is 0 Å². The summed E-state index contributed by atoms with van der Waals surface area (Å²) in [4.78, 5) is 12.8. The summed E-state index contributed by atoms with van der Waals surface area (Å²) in [7, 11) is 0. The van der Waals surface area contributed by atoms with Crippen LogP contribution in [-0.2, 0) is 4.74 Å². The van der Waals surface area contributed by atoms with Gasteiger partial charge in [0.2, 0.25) is 17.5 Å². The number of fused-ring (bicyclic) bond motifs is 2. The van der Waals surface area contributed by atoms with Crippen molar-refractivity contribution in [1.82, 2.24) is 0 Å². The van der Waals surface area contributed by atoms with Crippen molar-refractivity contribution in [2.24, 2.45) is 0 Å². The van der Waals surface area contributed by atoms with E-state index in [1.165, 1.54) is 0 Å². The first-order valence-corrected chi connectivity index (χ1v) is 8.98. The second-order valence-corrected chi connectivity index (χ2v) is 7.03. The van der Waals surface area contributed by atoms with Gasteiger partial charge in [0.25, 0.3) is 0 Å². The molecule has 0 spiro atoms. The van der Waals surface area contributed by atoms with E-state index in [2.05, 4.69) is 0 Å². The van der Waals surface area contributed by atoms with Gasteiger partial charge in [-0.1, -0.05) is 0 Å². The molecule has 0 bridgehead atoms. The summed E-state index contributed by atoms with van der Waals surface area (Å²) in [5, 5.41) is 78.5. The van der Waals surface area contributed by atoms with Crippen molar-refractivity contribution in [3.63, 3.8) is 0 Å². The molecule has 1 saturated heterocycles. The third-order valence-electron chi connectivity index (χ3n) is 5.05. The summed E-state index contributed by atoms with van der Waals surface area (Å²) >= 11 is 0. The number of aliphatic hydroxyl groups is 4. The second kappa shape index (κ2) is 9.08. The van der Waals surface area contributed by atoms with Crippen LogP contribution < -0.4 is 10.2 Å². The van der Waals surface area contributed by atoms with Crippen molar-refractivity contribution in [2.45, 2.75) is 30.7 Å². The summed E-state index contributed by atoms with van der Waals surface area (Å²) in [5.41, 5.74) is -1.24. The average Bonchev–Trinajstić information content (AvgIpc) is 2.72. The van der Waals surface area contributed by atoms with Crippen molar-refractivity contribution < 1.29 is 54.7 Å². The third kappa shape index (κ3) is 3.93. The smallest absolute Gasteiger partial charge is 0.229 e. The Hall–Kier alpha value is -2.03. The number of rotatable bonds is 3. The van der Waals surface area contributed by atoms with Gasteiger partial charge in [0.05, 0.1) is 12.0 Å². The van der Waals surface area contributed by atoms with Gasteiger partial charge in [0.1, 0.15) is 41.0 Å². The van der Waals surface area contributed by atoms with E-state index in [4.69, 9.17) is 13.9 Å². The Bertz CT molecular complexity index is 1220. The molecule has 1 aliphatic rings. The van der Waals surface area contributed by atoms with E-state index in [1.807, 2.05) is 0 Å². The zero-order chi connectivity index (χ0) is 22.6. The predicted octanol–water partition coefficient (Wildman–Crippen LogP) is -1.43. The predicted molar refractivity (Wildman–Crippen MR) is 107 cm³/mol. The molecular weight excluding hydrogens is 460 g/mol. The van der Waals surface area contributed by atoms with Crippen molar-refractivity contribution in [1.29, 1.82) is 0 Å². The average molecular weight is 478 g/mol. The SMILES string of the molecule is O=c1c2cc(O)c(O)cc2oc2cc(O)c(O[C@@H]3O[C@H](CO)[C@@H](O)[C@H](O)[C@H]3O)c(O)c12.[Ca]. The second-order valence-electron chi connectivity index (χ2n) is 7.03. The molecule has 0 aliphatic carbocycles. The summed E-state index contributed by atoms with van der Waals surface area (Å²) in [5.74, 6) is -3.48. The van der Waals surface area contributed by atoms with Crippen LogP contribution in [0.1, 0.15) is 0 Å². The zero-order valence-electron chi connectivity index (χ0n) is 16.2. The van der Waals surface area contributed by atoms with Crippen LogP contribution in [0.3, 0.4) is 0 Å². The molecule has 2 heterocycles. The molecule has 3 aromatic rings. The molecule has 1 aliphatic heterocycles. The minimum atomic E-state index is -1.83. The van der Waals surface area contributed by atoms with Crippen LogP contribution in [0.5, 0.6) is 28.7 Å². The zero-order valence-corrected chi connectivity index (χ0v) is 18.5. The molecule has 1 aromatic heterocycles. The molecule has 8 N–H and O–H groups in total. The van der Waals surface area contributed by atoms with Gasteiger partial charge in [-0.15, -0.1) is 0 Å². The molecule has 1 fully saturated rings. The molecule has 5 atom stereocenters. The summed E-state index contributed by atoms with van der Waals surface area (Å²) in [6.45, 7) is -0.730. The molecule has 4 rings (SSSR count). The number of phenolic OH excluding ortho intramolecular Hbond substituents is 4. The molecule has 32 heavy (non-hydrogen) atoms. The van der Waals surface area contributed by atoms with Gasteiger partial charge in [-0.3, -0.25) is 4.79 Å². The maximum Gasteiger partial charge on any atom is 0.229 e. The number of hydrogen-bond donors (Lipinski definition) is 8. The van der Waals surface area contributed by atoms with Gasteiger partial charge in [0, 0.05) is 49.9 Å². The van der Waals surface area contributed by atoms with Crippen molar-refractivity contribution >= 4 is 59.7 Å². The quantitative estimate of drug-likeness (QED) is 0.124. The van der Waals surface area contributed by atoms with E-state index < -0.39 is 76.9 Å². The minimum Gasteiger partial charge on any atom is -0.504 e. The Morgan fingerprint density at radius 1 is 0.875 bits per heavy atom. The van der Waals surface area contributed by atoms with E-state index in [0.29, 0.717) is 0 Å². The number of phenols is 4. The van der Waals surface area contributed by atoms with Gasteiger partial charge in [-0.2, -0.15) is 0 Å². The number of hydrogen-bond acceptors (Lipinski definition) is 12. The van der Waals surface area contributed by atoms with Crippen LogP contribution in [0.25, 0.3) is 21.9 Å². The van der Waals surface area contributed by atoms with Gasteiger partial charge in [0.15, 0.2) is 23.0 Å². The van der Waals surface area contributed by atoms with E-state index in [9.17, 15) is 45.6 Å². The van der Waals surface area contributed by atoms with E-state index >= 15 is 0 Å². The van der Waals surface area contributed by atoms with Gasteiger partial charge >= 0.3 is 0 Å². The van der Waals surface area contributed by atoms with Crippen molar-refractivity contribution in [3.8, 4) is 28.7 Å². The van der Waals surface area contributed by atoms with Crippen molar-refractivity contribution in [2.75, 3.05) is 6.61 Å². The molecule has 12 nitrogen and oxygen atoms in total. The molecule has 2 radical (unpaired) electrons. The first-order valence-electron chi connectivity index (χ1n) is 8.98. The van der Waals surface area contributed by atoms with Crippen molar-refractivity contribution in [3.05, 3.63) is 28.4 Å². The largest absolute Gasteiger partial charge is 0.504 e. The normalized spacial score (nSPS) is 25.6. The molecule has 168 valence electrons. The summed E-state index contributed by atoms with van der Waals surface area (Å²) in [6, 6.07) is 2.84. The Labute approximate surface area is 208 Å². The van der Waals surface area contributed by atoms with Crippen LogP contribution >= 0.6 is 0 Å². The van der Waals surface area contributed by atoms with E-state index in [0.717, 1.165) is 18.2 Å². The van der Waals surface area contributed by atoms with Gasteiger partial charge < -0.3 is 54.7 Å². The number of benzene rings is 2. The summed E-state index contributed by atoms with van der Waals surface area (Å²) in [6.07, 6.45) is -8.30. The van der Waals surface area contributed by atoms with Gasteiger partial charge in [-0.05, 0) is 6.07 Å². The number of aromatic hydroxyl groups is 4. The molecule has 2 aromatic carbocycles. The molecule has 0 unspecified atom stereocenters. The monoisotopic (exact) mass is 478 g/mol. The standard InChI is InChI=1S/C19H18O12.Ca/c20-4-11-14(25)16(27)17(28)19(30-11)31-18-8(23)3-10-12(15(18)26)13(24)5-1-6(21)7(22)2-9(5)29-10;/h1-3,11,14,16-17,19-23,25-28H,4H2;/t11-,14-,16+,17-,19+;/m1./s1. The Balaban J connectivity index is 0.00000289. The van der Waals surface area contributed by atoms with Crippen LogP contribution in [0, 0.1) is 0 Å². The fraction of sp³-hybridized carbons (Fsp3) is 0.316. The molecular formula is C19H18CaO12. The maximum atomic E-state index is 12.8. The third-order valence-corrected chi connectivity index (χ3v) is 5.05. The van der Waals surface area contributed by atoms with Gasteiger partial charge in [-0.25, -0.2) is 0 Å².